The molecule has 0 aliphatic carbocycles. The molecule has 2 heteroatoms. The van der Waals surface area contributed by atoms with Crippen molar-refractivity contribution in [2.24, 2.45) is 5.41 Å². The Balaban J connectivity index is 1.64. The maximum atomic E-state index is 3.55. The molecule has 2 saturated heterocycles. The van der Waals surface area contributed by atoms with Crippen LogP contribution in [0.4, 0.5) is 0 Å². The lowest BCUT2D eigenvalue weighted by molar-refractivity contribution is 0.0978. The molecule has 0 bridgehead atoms. The van der Waals surface area contributed by atoms with E-state index in [0.29, 0.717) is 5.41 Å². The minimum atomic E-state index is 0.586. The lowest BCUT2D eigenvalue weighted by Gasteiger charge is -2.40. The average Bonchev–Trinajstić information content (AvgIpc) is 2.80. The zero-order valence-corrected chi connectivity index (χ0v) is 11.4. The Kier molecular flexibility index (Phi) is 3.40. The van der Waals surface area contributed by atoms with E-state index in [1.54, 1.807) is 0 Å². The highest BCUT2D eigenvalue weighted by Gasteiger charge is 2.37. The van der Waals surface area contributed by atoms with Crippen molar-refractivity contribution in [2.75, 3.05) is 26.2 Å². The van der Waals surface area contributed by atoms with Gasteiger partial charge in [-0.05, 0) is 50.3 Å². The van der Waals surface area contributed by atoms with Gasteiger partial charge < -0.3 is 5.32 Å². The van der Waals surface area contributed by atoms with Crippen LogP contribution in [0.15, 0.2) is 24.3 Å². The summed E-state index contributed by atoms with van der Waals surface area (Å²) in [5.74, 6) is 0. The molecule has 1 aromatic rings. The molecule has 0 aromatic heterocycles. The minimum Gasteiger partial charge on any atom is -0.316 e. The van der Waals surface area contributed by atoms with Crippen molar-refractivity contribution in [1.82, 2.24) is 10.2 Å². The Morgan fingerprint density at radius 1 is 1.22 bits per heavy atom. The van der Waals surface area contributed by atoms with Crippen LogP contribution in [-0.4, -0.2) is 31.1 Å². The van der Waals surface area contributed by atoms with Crippen LogP contribution in [-0.2, 0) is 6.54 Å². The highest BCUT2D eigenvalue weighted by molar-refractivity contribution is 5.21. The van der Waals surface area contributed by atoms with Gasteiger partial charge in [0.15, 0.2) is 0 Å². The molecule has 1 aromatic carbocycles. The second kappa shape index (κ2) is 5.02. The monoisotopic (exact) mass is 244 g/mol. The summed E-state index contributed by atoms with van der Waals surface area (Å²) in [4.78, 5) is 2.65. The first-order valence-electron chi connectivity index (χ1n) is 7.24. The van der Waals surface area contributed by atoms with Crippen LogP contribution in [0.1, 0.15) is 30.4 Å². The van der Waals surface area contributed by atoms with Crippen molar-refractivity contribution in [1.29, 1.82) is 0 Å². The molecule has 2 aliphatic rings. The normalized spacial score (nSPS) is 28.9. The summed E-state index contributed by atoms with van der Waals surface area (Å²) >= 11 is 0. The molecule has 2 nitrogen and oxygen atoms in total. The molecular formula is C16H24N2. The molecule has 1 spiro atoms. The van der Waals surface area contributed by atoms with Crippen LogP contribution in [0.3, 0.4) is 0 Å². The zero-order chi connectivity index (χ0) is 12.4. The summed E-state index contributed by atoms with van der Waals surface area (Å²) < 4.78 is 0. The Bertz CT molecular complexity index is 390. The first-order valence-corrected chi connectivity index (χ1v) is 7.24. The maximum Gasteiger partial charge on any atom is 0.0233 e. The van der Waals surface area contributed by atoms with Crippen molar-refractivity contribution in [3.8, 4) is 0 Å². The molecule has 2 fully saturated rings. The summed E-state index contributed by atoms with van der Waals surface area (Å²) in [6.45, 7) is 8.30. The van der Waals surface area contributed by atoms with Crippen LogP contribution >= 0.6 is 0 Å². The van der Waals surface area contributed by atoms with Gasteiger partial charge in [-0.15, -0.1) is 0 Å². The van der Waals surface area contributed by atoms with Crippen LogP contribution < -0.4 is 5.32 Å². The summed E-state index contributed by atoms with van der Waals surface area (Å²) in [6.07, 6.45) is 4.16. The Hall–Kier alpha value is -0.860. The van der Waals surface area contributed by atoms with Crippen molar-refractivity contribution in [2.45, 2.75) is 32.7 Å². The molecule has 1 atom stereocenters. The predicted molar refractivity (Wildman–Crippen MR) is 75.6 cm³/mol. The maximum absolute atomic E-state index is 3.55. The molecule has 2 aliphatic heterocycles. The fourth-order valence-electron chi connectivity index (χ4n) is 3.54. The van der Waals surface area contributed by atoms with Crippen molar-refractivity contribution in [3.63, 3.8) is 0 Å². The number of piperidine rings is 1. The summed E-state index contributed by atoms with van der Waals surface area (Å²) in [5, 5.41) is 3.55. The highest BCUT2D eigenvalue weighted by Crippen LogP contribution is 2.35. The van der Waals surface area contributed by atoms with Gasteiger partial charge in [-0.25, -0.2) is 0 Å². The van der Waals surface area contributed by atoms with E-state index in [0.717, 1.165) is 6.54 Å². The molecule has 98 valence electrons. The summed E-state index contributed by atoms with van der Waals surface area (Å²) in [5.41, 5.74) is 3.40. The number of likely N-dealkylation sites (tertiary alicyclic amines) is 1. The quantitative estimate of drug-likeness (QED) is 0.860. The SMILES string of the molecule is Cc1ccc(CN2CCCC3(CCNC3)C2)cc1. The van der Waals surface area contributed by atoms with Crippen LogP contribution in [0.5, 0.6) is 0 Å². The lowest BCUT2D eigenvalue weighted by Crippen LogP contribution is -2.43. The summed E-state index contributed by atoms with van der Waals surface area (Å²) in [7, 11) is 0. The first-order chi connectivity index (χ1) is 8.76. The van der Waals surface area contributed by atoms with E-state index in [-0.39, 0.29) is 0 Å². The van der Waals surface area contributed by atoms with Gasteiger partial charge in [-0.3, -0.25) is 4.90 Å². The second-order valence-corrected chi connectivity index (χ2v) is 6.23. The topological polar surface area (TPSA) is 15.3 Å². The number of nitrogens with zero attached hydrogens (tertiary/aromatic N) is 1. The van der Waals surface area contributed by atoms with Gasteiger partial charge in [0.05, 0.1) is 0 Å². The third kappa shape index (κ3) is 2.60. The minimum absolute atomic E-state index is 0.586. The highest BCUT2D eigenvalue weighted by atomic mass is 15.1. The van der Waals surface area contributed by atoms with Crippen molar-refractivity contribution >= 4 is 0 Å². The van der Waals surface area contributed by atoms with E-state index in [2.05, 4.69) is 41.4 Å². The van der Waals surface area contributed by atoms with E-state index in [4.69, 9.17) is 0 Å². The number of aryl methyl sites for hydroxylation is 1. The molecule has 1 N–H and O–H groups in total. The Morgan fingerprint density at radius 3 is 2.78 bits per heavy atom. The van der Waals surface area contributed by atoms with Gasteiger partial charge >= 0.3 is 0 Å². The largest absolute Gasteiger partial charge is 0.316 e. The number of hydrogen-bond acceptors (Lipinski definition) is 2. The second-order valence-electron chi connectivity index (χ2n) is 6.23. The number of nitrogens with one attached hydrogen (secondary N) is 1. The third-order valence-corrected chi connectivity index (χ3v) is 4.60. The molecular weight excluding hydrogens is 220 g/mol. The predicted octanol–water partition coefficient (Wildman–Crippen LogP) is 2.57. The number of benzene rings is 1. The molecule has 2 heterocycles. The van der Waals surface area contributed by atoms with Gasteiger partial charge in [0, 0.05) is 19.6 Å². The standard InChI is InChI=1S/C16H24N2/c1-14-3-5-15(6-4-14)11-18-10-2-7-16(13-18)8-9-17-12-16/h3-6,17H,2,7-13H2,1H3. The average molecular weight is 244 g/mol. The van der Waals surface area contributed by atoms with E-state index >= 15 is 0 Å². The molecule has 3 rings (SSSR count). The molecule has 1 unspecified atom stereocenters. The van der Waals surface area contributed by atoms with Gasteiger partial charge in [0.2, 0.25) is 0 Å². The summed E-state index contributed by atoms with van der Waals surface area (Å²) in [6, 6.07) is 9.02. The smallest absolute Gasteiger partial charge is 0.0233 e. The lowest BCUT2D eigenvalue weighted by atomic mass is 9.79. The van der Waals surface area contributed by atoms with E-state index < -0.39 is 0 Å². The number of hydrogen-bond donors (Lipinski definition) is 1. The van der Waals surface area contributed by atoms with Crippen molar-refractivity contribution < 1.29 is 0 Å². The van der Waals surface area contributed by atoms with Crippen LogP contribution in [0, 0.1) is 12.3 Å². The zero-order valence-electron chi connectivity index (χ0n) is 11.4. The molecule has 18 heavy (non-hydrogen) atoms. The van der Waals surface area contributed by atoms with Crippen molar-refractivity contribution in [3.05, 3.63) is 35.4 Å². The van der Waals surface area contributed by atoms with Crippen LogP contribution in [0.2, 0.25) is 0 Å². The van der Waals surface area contributed by atoms with Gasteiger partial charge in [0.1, 0.15) is 0 Å². The van der Waals surface area contributed by atoms with Gasteiger partial charge in [0.25, 0.3) is 0 Å². The Labute approximate surface area is 110 Å². The molecule has 0 amide bonds. The van der Waals surface area contributed by atoms with Crippen LogP contribution in [0.25, 0.3) is 0 Å². The van der Waals surface area contributed by atoms with E-state index in [9.17, 15) is 0 Å². The molecule has 0 radical (unpaired) electrons. The first kappa shape index (κ1) is 12.2. The number of rotatable bonds is 2. The van der Waals surface area contributed by atoms with Gasteiger partial charge in [-0.1, -0.05) is 29.8 Å². The Morgan fingerprint density at radius 2 is 2.06 bits per heavy atom. The third-order valence-electron chi connectivity index (χ3n) is 4.60. The fraction of sp³-hybridized carbons (Fsp3) is 0.625. The van der Waals surface area contributed by atoms with E-state index in [1.807, 2.05) is 0 Å². The fourth-order valence-corrected chi connectivity index (χ4v) is 3.54. The van der Waals surface area contributed by atoms with Gasteiger partial charge in [-0.2, -0.15) is 0 Å². The van der Waals surface area contributed by atoms with E-state index in [1.165, 1.54) is 56.6 Å². The molecule has 0 saturated carbocycles.